The quantitative estimate of drug-likeness (QED) is 0.841. The fraction of sp³-hybridized carbons (Fsp3) is 0.500. The fourth-order valence-electron chi connectivity index (χ4n) is 4.05. The number of nitriles is 1. The molecular formula is C16H18N3S+. The molecule has 4 aliphatic heterocycles. The minimum atomic E-state index is -0.0840. The molecule has 1 aromatic heterocycles. The van der Waals surface area contributed by atoms with Crippen LogP contribution in [0.2, 0.25) is 0 Å². The van der Waals surface area contributed by atoms with E-state index in [2.05, 4.69) is 23.6 Å². The molecule has 0 spiro atoms. The van der Waals surface area contributed by atoms with Gasteiger partial charge in [0.15, 0.2) is 0 Å². The number of nitrogens with zero attached hydrogens (tertiary/aromatic N) is 2. The number of rotatable bonds is 1. The van der Waals surface area contributed by atoms with Crippen molar-refractivity contribution in [1.29, 1.82) is 5.26 Å². The van der Waals surface area contributed by atoms with Crippen molar-refractivity contribution >= 4 is 17.0 Å². The Morgan fingerprint density at radius 3 is 2.85 bits per heavy atom. The highest BCUT2D eigenvalue weighted by molar-refractivity contribution is 7.10. The number of nitrogens with one attached hydrogen (secondary N) is 1. The van der Waals surface area contributed by atoms with E-state index >= 15 is 0 Å². The summed E-state index contributed by atoms with van der Waals surface area (Å²) in [5.41, 5.74) is 3.77. The summed E-state index contributed by atoms with van der Waals surface area (Å²) >= 11 is 1.78. The number of hydrogen-bond donors (Lipinski definition) is 1. The molecule has 1 saturated heterocycles. The van der Waals surface area contributed by atoms with E-state index in [9.17, 15) is 5.26 Å². The molecule has 2 atom stereocenters. The summed E-state index contributed by atoms with van der Waals surface area (Å²) in [7, 11) is 0. The molecule has 0 amide bonds. The van der Waals surface area contributed by atoms with Gasteiger partial charge in [0.2, 0.25) is 0 Å². The minimum absolute atomic E-state index is 0.0840. The Labute approximate surface area is 123 Å². The minimum Gasteiger partial charge on any atom is -0.304 e. The first kappa shape index (κ1) is 12.3. The maximum atomic E-state index is 9.63. The third-order valence-corrected chi connectivity index (χ3v) is 5.97. The van der Waals surface area contributed by atoms with Crippen LogP contribution >= 0.6 is 11.3 Å². The lowest BCUT2D eigenvalue weighted by molar-refractivity contribution is -0.875. The van der Waals surface area contributed by atoms with Crippen molar-refractivity contribution < 1.29 is 4.90 Å². The zero-order valence-electron chi connectivity index (χ0n) is 11.6. The van der Waals surface area contributed by atoms with Crippen LogP contribution in [0.25, 0.3) is 0 Å². The summed E-state index contributed by atoms with van der Waals surface area (Å²) < 4.78 is 0. The molecule has 102 valence electrons. The maximum Gasteiger partial charge on any atom is 0.139 e. The van der Waals surface area contributed by atoms with Crippen LogP contribution in [0.3, 0.4) is 0 Å². The second kappa shape index (κ2) is 4.54. The first-order valence-electron chi connectivity index (χ1n) is 7.37. The number of allylic oxidation sites excluding steroid dienone is 2. The standard InChI is InChI=1S/C16H17N3S/c1-10-12(9-17)14(13-3-2-8-20-13)16-15(18-10)11-4-6-19(16)7-5-11/h2-3,8,11-12,14H,4-7H2,1H3/p+1/t12?,14-/m0/s1. The van der Waals surface area contributed by atoms with Crippen molar-refractivity contribution in [1.82, 2.24) is 0 Å². The summed E-state index contributed by atoms with van der Waals surface area (Å²) in [6, 6.07) is 6.80. The Hall–Kier alpha value is -1.44. The third kappa shape index (κ3) is 1.63. The van der Waals surface area contributed by atoms with Crippen LogP contribution in [-0.4, -0.2) is 18.8 Å². The lowest BCUT2D eigenvalue weighted by Crippen LogP contribution is -3.13. The van der Waals surface area contributed by atoms with Gasteiger partial charge in [0.1, 0.15) is 17.3 Å². The Bertz CT molecular complexity index is 627. The van der Waals surface area contributed by atoms with Gasteiger partial charge in [0.05, 0.1) is 25.1 Å². The summed E-state index contributed by atoms with van der Waals surface area (Å²) in [6.45, 7) is 4.47. The normalized spacial score (nSPS) is 35.5. The Balaban J connectivity index is 1.90. The van der Waals surface area contributed by atoms with Gasteiger partial charge >= 0.3 is 0 Å². The molecule has 1 aromatic rings. The van der Waals surface area contributed by atoms with Crippen LogP contribution in [0.5, 0.6) is 0 Å². The highest BCUT2D eigenvalue weighted by atomic mass is 32.1. The van der Waals surface area contributed by atoms with E-state index in [0.29, 0.717) is 5.92 Å². The van der Waals surface area contributed by atoms with Crippen molar-refractivity contribution in [3.63, 3.8) is 0 Å². The predicted molar refractivity (Wildman–Crippen MR) is 79.7 cm³/mol. The lowest BCUT2D eigenvalue weighted by Gasteiger charge is -2.43. The molecule has 1 fully saturated rings. The highest BCUT2D eigenvalue weighted by Crippen LogP contribution is 2.43. The summed E-state index contributed by atoms with van der Waals surface area (Å²) in [6.07, 6.45) is 2.53. The Morgan fingerprint density at radius 2 is 2.20 bits per heavy atom. The van der Waals surface area contributed by atoms with Crippen LogP contribution in [-0.2, 0) is 0 Å². The van der Waals surface area contributed by atoms with Gasteiger partial charge in [-0.1, -0.05) is 6.07 Å². The summed E-state index contributed by atoms with van der Waals surface area (Å²) in [5, 5.41) is 11.8. The summed E-state index contributed by atoms with van der Waals surface area (Å²) in [5.74, 6) is 0.796. The largest absolute Gasteiger partial charge is 0.304 e. The lowest BCUT2D eigenvalue weighted by atomic mass is 9.75. The number of piperidine rings is 1. The zero-order chi connectivity index (χ0) is 13.7. The zero-order valence-corrected chi connectivity index (χ0v) is 12.4. The molecule has 0 radical (unpaired) electrons. The topological polar surface area (TPSA) is 40.6 Å². The number of fused-ring (bicyclic) bond motifs is 2. The van der Waals surface area contributed by atoms with Gasteiger partial charge in [-0.15, -0.1) is 11.3 Å². The SMILES string of the molecule is CC1=NC2=C([C@H](c3cccs3)C1C#N)[NH+]1CCC2CC1. The number of thiophene rings is 1. The molecule has 0 aliphatic carbocycles. The van der Waals surface area contributed by atoms with E-state index in [4.69, 9.17) is 4.99 Å². The van der Waals surface area contributed by atoms with E-state index in [-0.39, 0.29) is 11.8 Å². The van der Waals surface area contributed by atoms with Crippen molar-refractivity contribution in [3.05, 3.63) is 33.8 Å². The van der Waals surface area contributed by atoms with Crippen LogP contribution in [0.15, 0.2) is 33.9 Å². The molecule has 20 heavy (non-hydrogen) atoms. The van der Waals surface area contributed by atoms with E-state index in [0.717, 1.165) is 5.71 Å². The van der Waals surface area contributed by atoms with Gasteiger partial charge in [-0.3, -0.25) is 4.99 Å². The summed E-state index contributed by atoms with van der Waals surface area (Å²) in [4.78, 5) is 7.77. The smallest absolute Gasteiger partial charge is 0.139 e. The monoisotopic (exact) mass is 284 g/mol. The van der Waals surface area contributed by atoms with Crippen molar-refractivity contribution in [2.24, 2.45) is 16.8 Å². The molecule has 1 unspecified atom stereocenters. The van der Waals surface area contributed by atoms with E-state index in [1.807, 2.05) is 6.92 Å². The Kier molecular flexibility index (Phi) is 2.80. The predicted octanol–water partition coefficient (Wildman–Crippen LogP) is 1.97. The van der Waals surface area contributed by atoms with Crippen molar-refractivity contribution in [3.8, 4) is 6.07 Å². The molecule has 1 N–H and O–H groups in total. The average molecular weight is 284 g/mol. The second-order valence-electron chi connectivity index (χ2n) is 6.03. The van der Waals surface area contributed by atoms with E-state index in [1.54, 1.807) is 16.2 Å². The maximum absolute atomic E-state index is 9.63. The number of hydrogen-bond acceptors (Lipinski definition) is 3. The van der Waals surface area contributed by atoms with Crippen molar-refractivity contribution in [2.75, 3.05) is 13.1 Å². The van der Waals surface area contributed by atoms with Gasteiger partial charge in [-0.2, -0.15) is 5.26 Å². The number of quaternary nitrogens is 1. The van der Waals surface area contributed by atoms with E-state index < -0.39 is 0 Å². The van der Waals surface area contributed by atoms with Crippen molar-refractivity contribution in [2.45, 2.75) is 25.7 Å². The van der Waals surface area contributed by atoms with Crippen LogP contribution in [0, 0.1) is 23.2 Å². The van der Waals surface area contributed by atoms with E-state index in [1.165, 1.54) is 42.2 Å². The average Bonchev–Trinajstić information content (AvgIpc) is 3.00. The molecule has 0 saturated carbocycles. The van der Waals surface area contributed by atoms with Gasteiger partial charge < -0.3 is 4.90 Å². The van der Waals surface area contributed by atoms with Gasteiger partial charge in [0, 0.05) is 29.3 Å². The third-order valence-electron chi connectivity index (χ3n) is 5.01. The molecule has 5 heterocycles. The second-order valence-corrected chi connectivity index (χ2v) is 7.01. The van der Waals surface area contributed by atoms with Gasteiger partial charge in [-0.05, 0) is 18.4 Å². The number of aliphatic imine (C=N–C) groups is 1. The Morgan fingerprint density at radius 1 is 1.40 bits per heavy atom. The van der Waals surface area contributed by atoms with Crippen LogP contribution in [0.4, 0.5) is 0 Å². The molecule has 3 nitrogen and oxygen atoms in total. The van der Waals surface area contributed by atoms with Gasteiger partial charge in [-0.25, -0.2) is 0 Å². The molecule has 2 bridgehead atoms. The van der Waals surface area contributed by atoms with Crippen LogP contribution in [0.1, 0.15) is 30.6 Å². The first-order chi connectivity index (χ1) is 9.79. The van der Waals surface area contributed by atoms with Crippen LogP contribution < -0.4 is 4.90 Å². The molecular weight excluding hydrogens is 266 g/mol. The molecule has 0 aromatic carbocycles. The molecule has 4 heteroatoms. The van der Waals surface area contributed by atoms with Gasteiger partial charge in [0.25, 0.3) is 0 Å². The fourth-order valence-corrected chi connectivity index (χ4v) is 4.92. The first-order valence-corrected chi connectivity index (χ1v) is 8.25. The molecule has 5 rings (SSSR count). The molecule has 4 aliphatic rings. The highest BCUT2D eigenvalue weighted by Gasteiger charge is 2.47.